The van der Waals surface area contributed by atoms with Crippen LogP contribution in [-0.2, 0) is 35.2 Å². The van der Waals surface area contributed by atoms with Crippen molar-refractivity contribution in [1.29, 1.82) is 0 Å². The average molecular weight is 674 g/mol. The van der Waals surface area contributed by atoms with Gasteiger partial charge in [-0.1, -0.05) is 36.8 Å². The number of rotatable bonds is 14. The second-order valence-electron chi connectivity index (χ2n) is 9.66. The van der Waals surface area contributed by atoms with Crippen molar-refractivity contribution >= 4 is 22.3 Å². The Labute approximate surface area is 262 Å². The molecular weight excluding hydrogens is 641 g/mol. The van der Waals surface area contributed by atoms with Gasteiger partial charge in [-0.2, -0.15) is 18.3 Å². The average Bonchev–Trinajstić information content (AvgIpc) is 3.44. The summed E-state index contributed by atoms with van der Waals surface area (Å²) in [6.45, 7) is 5.49. The molecule has 0 aliphatic carbocycles. The zero-order chi connectivity index (χ0) is 34.1. The predicted octanol–water partition coefficient (Wildman–Crippen LogP) is 4.27. The number of nitrogens with zero attached hydrogens (tertiary/aromatic N) is 4. The van der Waals surface area contributed by atoms with Gasteiger partial charge in [-0.05, 0) is 51.1 Å². The third-order valence-corrected chi connectivity index (χ3v) is 7.20. The van der Waals surface area contributed by atoms with E-state index in [0.717, 1.165) is 33.5 Å². The molecule has 0 atom stereocenters. The fraction of sp³-hybridized carbons (Fsp3) is 0.370. The lowest BCUT2D eigenvalue weighted by Crippen LogP contribution is -2.48. The molecule has 1 heterocycles. The minimum absolute atomic E-state index is 0.109. The summed E-state index contributed by atoms with van der Waals surface area (Å²) in [7, 11) is -4.45. The molecule has 1 aromatic heterocycles. The Bertz CT molecular complexity index is 1570. The molecule has 19 heteroatoms. The lowest BCUT2D eigenvalue weighted by Gasteiger charge is -2.37. The van der Waals surface area contributed by atoms with Gasteiger partial charge in [-0.25, -0.2) is 42.5 Å². The Morgan fingerprint density at radius 2 is 1.72 bits per heavy atom. The van der Waals surface area contributed by atoms with Gasteiger partial charge in [-0.3, -0.25) is 0 Å². The molecule has 15 nitrogen and oxygen atoms in total. The van der Waals surface area contributed by atoms with E-state index in [-0.39, 0.29) is 34.6 Å². The highest BCUT2D eigenvalue weighted by atomic mass is 32.2. The highest BCUT2D eigenvalue weighted by Gasteiger charge is 2.35. The number of hydrazine groups is 2. The monoisotopic (exact) mass is 673 g/mol. The topological polar surface area (TPSA) is 177 Å². The van der Waals surface area contributed by atoms with Crippen LogP contribution in [0.1, 0.15) is 32.0 Å². The number of amides is 1. The summed E-state index contributed by atoms with van der Waals surface area (Å²) in [4.78, 5) is 27.8. The van der Waals surface area contributed by atoms with Crippen molar-refractivity contribution in [3.63, 3.8) is 0 Å². The van der Waals surface area contributed by atoms with Crippen molar-refractivity contribution in [2.45, 2.75) is 44.9 Å². The molecule has 0 unspecified atom stereocenters. The minimum atomic E-state index is -4.72. The van der Waals surface area contributed by atoms with Crippen molar-refractivity contribution in [3.8, 4) is 16.9 Å². The Kier molecular flexibility index (Phi) is 12.5. The molecule has 2 aromatic carbocycles. The summed E-state index contributed by atoms with van der Waals surface area (Å²) in [5.74, 6) is 0. The quantitative estimate of drug-likeness (QED) is 0.107. The first-order valence-electron chi connectivity index (χ1n) is 13.6. The molecule has 1 amide bonds. The van der Waals surface area contributed by atoms with E-state index >= 15 is 0 Å². The van der Waals surface area contributed by atoms with Crippen LogP contribution in [0.4, 0.5) is 22.8 Å². The molecule has 0 bridgehead atoms. The Morgan fingerprint density at radius 1 is 1.07 bits per heavy atom. The van der Waals surface area contributed by atoms with Gasteiger partial charge in [0.25, 0.3) is 10.0 Å². The van der Waals surface area contributed by atoms with E-state index in [2.05, 4.69) is 9.84 Å². The number of aryl methyl sites for hydroxylation is 1. The molecule has 0 saturated carbocycles. The van der Waals surface area contributed by atoms with Crippen LogP contribution in [-0.4, -0.2) is 73.3 Å². The number of halogens is 3. The smallest absolute Gasteiger partial charge is 0.510 e. The van der Waals surface area contributed by atoms with Crippen LogP contribution in [0, 0.1) is 12.1 Å². The lowest BCUT2D eigenvalue weighted by molar-refractivity contribution is -0.196. The summed E-state index contributed by atoms with van der Waals surface area (Å²) in [5, 5.41) is 17.0. The van der Waals surface area contributed by atoms with E-state index in [0.29, 0.717) is 5.56 Å². The van der Waals surface area contributed by atoms with Gasteiger partial charge in [0.1, 0.15) is 6.61 Å². The molecule has 3 rings (SSSR count). The molecule has 3 aromatic rings. The van der Waals surface area contributed by atoms with E-state index < -0.39 is 53.6 Å². The summed E-state index contributed by atoms with van der Waals surface area (Å²) in [6.07, 6.45) is -7.48. The molecule has 0 aliphatic heterocycles. The number of aromatic nitrogens is 2. The Balaban J connectivity index is 1.57. The van der Waals surface area contributed by atoms with Gasteiger partial charge >= 0.3 is 18.4 Å². The first-order valence-corrected chi connectivity index (χ1v) is 15.1. The number of hydrogen-bond donors (Lipinski definition) is 2. The number of ether oxygens (including phenoxy) is 3. The normalized spacial score (nSPS) is 12.1. The van der Waals surface area contributed by atoms with Gasteiger partial charge in [0.05, 0.1) is 22.4 Å². The number of alkyl halides is 3. The van der Waals surface area contributed by atoms with Crippen LogP contribution in [0.3, 0.4) is 0 Å². The maximum atomic E-state index is 13.5. The zero-order valence-corrected chi connectivity index (χ0v) is 25.9. The first-order chi connectivity index (χ1) is 21.6. The molecule has 0 radical (unpaired) electrons. The second-order valence-corrected chi connectivity index (χ2v) is 11.3. The van der Waals surface area contributed by atoms with E-state index in [4.69, 9.17) is 14.3 Å². The summed E-state index contributed by atoms with van der Waals surface area (Å²) < 4.78 is 82.8. The van der Waals surface area contributed by atoms with Crippen molar-refractivity contribution in [2.24, 2.45) is 0 Å². The number of benzene rings is 2. The number of hydrogen-bond acceptors (Lipinski definition) is 13. The van der Waals surface area contributed by atoms with E-state index in [1.54, 1.807) is 49.8 Å². The SMILES string of the molecule is CCN(CCOC(=O)NS(=O)(=O)c1ccc(-n2nc(C(F)(F)F)cc2-c2ccc(C)cc2)cc1)N([O-])NOCOC(=O)OC(C)C. The van der Waals surface area contributed by atoms with E-state index in [1.165, 1.54) is 12.1 Å². The highest BCUT2D eigenvalue weighted by molar-refractivity contribution is 7.90. The van der Waals surface area contributed by atoms with E-state index in [9.17, 15) is 36.4 Å². The molecular formula is C27H32F3N6O9S-. The minimum Gasteiger partial charge on any atom is -0.756 e. The lowest BCUT2D eigenvalue weighted by atomic mass is 10.1. The van der Waals surface area contributed by atoms with Crippen molar-refractivity contribution < 1.29 is 50.2 Å². The maximum absolute atomic E-state index is 13.5. The first kappa shape index (κ1) is 36.2. The summed E-state index contributed by atoms with van der Waals surface area (Å²) in [5.41, 5.74) is 2.42. The number of likely N-dealkylation sites (N-methyl/N-ethyl adjacent to an activating group) is 1. The van der Waals surface area contributed by atoms with Crippen molar-refractivity contribution in [2.75, 3.05) is 26.5 Å². The van der Waals surface area contributed by atoms with Crippen LogP contribution in [0.2, 0.25) is 0 Å². The van der Waals surface area contributed by atoms with Crippen LogP contribution < -0.4 is 10.3 Å². The number of nitrogens with one attached hydrogen (secondary N) is 2. The largest absolute Gasteiger partial charge is 0.756 e. The Hall–Kier alpha value is -4.27. The highest BCUT2D eigenvalue weighted by Crippen LogP contribution is 2.33. The van der Waals surface area contributed by atoms with Gasteiger partial charge < -0.3 is 19.4 Å². The van der Waals surface area contributed by atoms with Gasteiger partial charge in [0.15, 0.2) is 5.69 Å². The predicted molar refractivity (Wildman–Crippen MR) is 155 cm³/mol. The van der Waals surface area contributed by atoms with E-state index in [1.807, 2.05) is 12.5 Å². The molecule has 0 spiro atoms. The number of sulfonamides is 1. The fourth-order valence-corrected chi connectivity index (χ4v) is 4.57. The standard InChI is InChI=1S/C27H32F3N6O9S/c1-5-34(36(39)33-44-17-43-26(38)45-18(2)3)14-15-42-25(37)32-46(40,41)22-12-10-21(11-13-22)35-23(16-24(31-35)27(28,29)30)20-8-6-19(4)7-9-20/h6-13,16,18,33H,5,14-15,17H2,1-4H3,(H,32,37)/q-1. The molecule has 252 valence electrons. The third-order valence-electron chi connectivity index (χ3n) is 5.87. The maximum Gasteiger partial charge on any atom is 0.510 e. The fourth-order valence-electron chi connectivity index (χ4n) is 3.68. The van der Waals surface area contributed by atoms with Crippen LogP contribution in [0.15, 0.2) is 59.5 Å². The summed E-state index contributed by atoms with van der Waals surface area (Å²) >= 11 is 0. The van der Waals surface area contributed by atoms with Crippen LogP contribution in [0.25, 0.3) is 16.9 Å². The van der Waals surface area contributed by atoms with Crippen LogP contribution in [0.5, 0.6) is 0 Å². The Morgan fingerprint density at radius 3 is 2.30 bits per heavy atom. The molecule has 46 heavy (non-hydrogen) atoms. The van der Waals surface area contributed by atoms with Gasteiger partial charge in [0, 0.05) is 18.7 Å². The number of carbonyl (C=O) groups excluding carboxylic acids is 2. The molecule has 2 N–H and O–H groups in total. The van der Waals surface area contributed by atoms with Crippen LogP contribution >= 0.6 is 0 Å². The third kappa shape index (κ3) is 10.4. The summed E-state index contributed by atoms with van der Waals surface area (Å²) in [6, 6.07) is 12.3. The zero-order valence-electron chi connectivity index (χ0n) is 25.1. The molecule has 0 fully saturated rings. The molecule has 0 aliphatic rings. The molecule has 0 saturated heterocycles. The number of carbonyl (C=O) groups is 2. The van der Waals surface area contributed by atoms with Crippen molar-refractivity contribution in [3.05, 3.63) is 71.1 Å². The second kappa shape index (κ2) is 15.8. The van der Waals surface area contributed by atoms with Gasteiger partial charge in [0.2, 0.25) is 6.79 Å². The van der Waals surface area contributed by atoms with Crippen molar-refractivity contribution in [1.82, 2.24) is 30.4 Å². The van der Waals surface area contributed by atoms with Gasteiger partial charge in [-0.15, -0.1) is 5.59 Å².